The highest BCUT2D eigenvalue weighted by Gasteiger charge is 2.56. The van der Waals surface area contributed by atoms with Gasteiger partial charge < -0.3 is 14.6 Å². The number of urea groups is 1. The minimum absolute atomic E-state index is 0.0610. The van der Waals surface area contributed by atoms with Gasteiger partial charge in [-0.3, -0.25) is 9.80 Å². The van der Waals surface area contributed by atoms with E-state index in [1.54, 1.807) is 23.0 Å². The van der Waals surface area contributed by atoms with Crippen LogP contribution in [0.3, 0.4) is 0 Å². The lowest BCUT2D eigenvalue weighted by molar-refractivity contribution is 0.00682. The molecule has 26 heavy (non-hydrogen) atoms. The van der Waals surface area contributed by atoms with Crippen LogP contribution in [0.15, 0.2) is 42.7 Å². The minimum atomic E-state index is -0.642. The number of rotatable bonds is 3. The van der Waals surface area contributed by atoms with Crippen LogP contribution in [0.4, 0.5) is 10.5 Å². The van der Waals surface area contributed by atoms with E-state index in [4.69, 9.17) is 0 Å². The molecule has 0 radical (unpaired) electrons. The molecule has 2 aromatic rings. The van der Waals surface area contributed by atoms with Crippen molar-refractivity contribution >= 4 is 11.7 Å². The fourth-order valence-electron chi connectivity index (χ4n) is 4.26. The number of likely N-dealkylation sites (N-methyl/N-ethyl adjacent to an activating group) is 1. The fourth-order valence-corrected chi connectivity index (χ4v) is 4.26. The number of likely N-dealkylation sites (tertiary alicyclic amines) is 1. The summed E-state index contributed by atoms with van der Waals surface area (Å²) < 4.78 is 2.01. The van der Waals surface area contributed by atoms with E-state index in [-0.39, 0.29) is 6.03 Å². The van der Waals surface area contributed by atoms with Crippen LogP contribution in [0.5, 0.6) is 0 Å². The zero-order valence-corrected chi connectivity index (χ0v) is 15.2. The van der Waals surface area contributed by atoms with Crippen LogP contribution in [-0.4, -0.2) is 68.8 Å². The SMILES string of the molecule is CN1C[C@@]2(CN(Cc3nccn3C)CC[C@@H]2O)N(c2ccccc2)C1=O. The van der Waals surface area contributed by atoms with E-state index in [9.17, 15) is 9.90 Å². The highest BCUT2D eigenvalue weighted by Crippen LogP contribution is 2.38. The summed E-state index contributed by atoms with van der Waals surface area (Å²) in [5.74, 6) is 0.987. The Labute approximate surface area is 153 Å². The number of aliphatic hydroxyl groups is 1. The van der Waals surface area contributed by atoms with Gasteiger partial charge in [0.1, 0.15) is 11.4 Å². The van der Waals surface area contributed by atoms with E-state index < -0.39 is 11.6 Å². The van der Waals surface area contributed by atoms with Crippen molar-refractivity contribution in [1.82, 2.24) is 19.4 Å². The summed E-state index contributed by atoms with van der Waals surface area (Å²) in [6.45, 7) is 2.62. The second kappa shape index (κ2) is 6.41. The number of nitrogens with zero attached hydrogens (tertiary/aromatic N) is 5. The monoisotopic (exact) mass is 355 g/mol. The number of aromatic nitrogens is 2. The average Bonchev–Trinajstić information content (AvgIpc) is 3.14. The van der Waals surface area contributed by atoms with Gasteiger partial charge in [0.2, 0.25) is 0 Å². The van der Waals surface area contributed by atoms with Crippen LogP contribution in [0, 0.1) is 0 Å². The van der Waals surface area contributed by atoms with Crippen molar-refractivity contribution in [3.8, 4) is 0 Å². The predicted octanol–water partition coefficient (Wildman–Crippen LogP) is 1.30. The average molecular weight is 355 g/mol. The highest BCUT2D eigenvalue weighted by atomic mass is 16.3. The van der Waals surface area contributed by atoms with Crippen LogP contribution in [0.25, 0.3) is 0 Å². The maximum absolute atomic E-state index is 12.9. The summed E-state index contributed by atoms with van der Waals surface area (Å²) in [4.78, 5) is 23.1. The first kappa shape index (κ1) is 17.1. The smallest absolute Gasteiger partial charge is 0.325 e. The van der Waals surface area contributed by atoms with E-state index in [1.165, 1.54) is 0 Å². The molecule has 1 aromatic carbocycles. The number of carbonyl (C=O) groups is 1. The normalized spacial score (nSPS) is 26.9. The number of amides is 2. The number of aliphatic hydroxyl groups excluding tert-OH is 1. The van der Waals surface area contributed by atoms with Crippen LogP contribution >= 0.6 is 0 Å². The van der Waals surface area contributed by atoms with Crippen molar-refractivity contribution < 1.29 is 9.90 Å². The lowest BCUT2D eigenvalue weighted by Crippen LogP contribution is -2.65. The molecule has 2 aliphatic heterocycles. The topological polar surface area (TPSA) is 64.8 Å². The molecule has 1 spiro atoms. The molecule has 7 nitrogen and oxygen atoms in total. The Hall–Kier alpha value is -2.38. The fraction of sp³-hybridized carbons (Fsp3) is 0.474. The van der Waals surface area contributed by atoms with E-state index in [2.05, 4.69) is 9.88 Å². The van der Waals surface area contributed by atoms with Gasteiger partial charge in [-0.25, -0.2) is 9.78 Å². The Bertz CT molecular complexity index is 792. The third-order valence-electron chi connectivity index (χ3n) is 5.61. The van der Waals surface area contributed by atoms with Crippen molar-refractivity contribution in [1.29, 1.82) is 0 Å². The van der Waals surface area contributed by atoms with Gasteiger partial charge in [-0.15, -0.1) is 0 Å². The lowest BCUT2D eigenvalue weighted by atomic mass is 9.84. The van der Waals surface area contributed by atoms with Gasteiger partial charge in [0.25, 0.3) is 0 Å². The molecule has 3 heterocycles. The van der Waals surface area contributed by atoms with Gasteiger partial charge >= 0.3 is 6.03 Å². The first-order valence-electron chi connectivity index (χ1n) is 8.98. The molecule has 1 N–H and O–H groups in total. The molecule has 1 aromatic heterocycles. The van der Waals surface area contributed by atoms with E-state index in [0.717, 1.165) is 18.1 Å². The first-order valence-corrected chi connectivity index (χ1v) is 8.98. The van der Waals surface area contributed by atoms with E-state index >= 15 is 0 Å². The van der Waals surface area contributed by atoms with Crippen LogP contribution in [0.1, 0.15) is 12.2 Å². The second-order valence-electron chi connectivity index (χ2n) is 7.38. The van der Waals surface area contributed by atoms with Crippen molar-refractivity contribution in [3.63, 3.8) is 0 Å². The van der Waals surface area contributed by atoms with Crippen molar-refractivity contribution in [2.45, 2.75) is 24.6 Å². The third-order valence-corrected chi connectivity index (χ3v) is 5.61. The molecule has 7 heteroatoms. The van der Waals surface area contributed by atoms with Crippen LogP contribution in [0.2, 0.25) is 0 Å². The minimum Gasteiger partial charge on any atom is -0.390 e. The summed E-state index contributed by atoms with van der Waals surface area (Å²) in [7, 11) is 3.79. The van der Waals surface area contributed by atoms with Gasteiger partial charge in [-0.2, -0.15) is 0 Å². The van der Waals surface area contributed by atoms with Gasteiger partial charge in [-0.1, -0.05) is 18.2 Å². The molecule has 0 unspecified atom stereocenters. The Morgan fingerprint density at radius 3 is 2.69 bits per heavy atom. The predicted molar refractivity (Wildman–Crippen MR) is 98.8 cm³/mol. The van der Waals surface area contributed by atoms with Gasteiger partial charge in [0.05, 0.1) is 12.6 Å². The number of anilines is 1. The van der Waals surface area contributed by atoms with Gasteiger partial charge in [0.15, 0.2) is 0 Å². The molecule has 2 aliphatic rings. The molecule has 2 atom stereocenters. The number of para-hydroxylation sites is 1. The summed E-state index contributed by atoms with van der Waals surface area (Å²) in [5.41, 5.74) is 0.191. The second-order valence-corrected chi connectivity index (χ2v) is 7.38. The summed E-state index contributed by atoms with van der Waals surface area (Å²) >= 11 is 0. The summed E-state index contributed by atoms with van der Waals surface area (Å²) in [5, 5.41) is 11.0. The molecule has 138 valence electrons. The van der Waals surface area contributed by atoms with Crippen LogP contribution < -0.4 is 4.90 Å². The zero-order chi connectivity index (χ0) is 18.3. The maximum Gasteiger partial charge on any atom is 0.325 e. The quantitative estimate of drug-likeness (QED) is 0.901. The molecule has 0 bridgehead atoms. The molecule has 2 amide bonds. The zero-order valence-electron chi connectivity index (χ0n) is 15.2. The van der Waals surface area contributed by atoms with Crippen LogP contribution in [-0.2, 0) is 13.6 Å². The van der Waals surface area contributed by atoms with Crippen molar-refractivity contribution in [3.05, 3.63) is 48.5 Å². The number of carbonyl (C=O) groups excluding carboxylic acids is 1. The Morgan fingerprint density at radius 2 is 2.00 bits per heavy atom. The van der Waals surface area contributed by atoms with E-state index in [1.807, 2.05) is 48.1 Å². The molecule has 2 fully saturated rings. The number of aryl methyl sites for hydroxylation is 1. The Morgan fingerprint density at radius 1 is 1.23 bits per heavy atom. The number of hydrogen-bond donors (Lipinski definition) is 1. The van der Waals surface area contributed by atoms with Gasteiger partial charge in [-0.05, 0) is 18.6 Å². The molecule has 4 rings (SSSR count). The van der Waals surface area contributed by atoms with Gasteiger partial charge in [0, 0.05) is 51.8 Å². The Kier molecular flexibility index (Phi) is 4.20. The third kappa shape index (κ3) is 2.68. The number of benzene rings is 1. The molecule has 0 aliphatic carbocycles. The first-order chi connectivity index (χ1) is 12.5. The van der Waals surface area contributed by atoms with Crippen molar-refractivity contribution in [2.75, 3.05) is 31.6 Å². The molecular weight excluding hydrogens is 330 g/mol. The molecule has 2 saturated heterocycles. The van der Waals surface area contributed by atoms with E-state index in [0.29, 0.717) is 26.1 Å². The molecule has 0 saturated carbocycles. The number of imidazole rings is 1. The largest absolute Gasteiger partial charge is 0.390 e. The van der Waals surface area contributed by atoms with Crippen molar-refractivity contribution in [2.24, 2.45) is 7.05 Å². The maximum atomic E-state index is 12.9. The Balaban J connectivity index is 1.67. The number of hydrogen-bond acceptors (Lipinski definition) is 4. The summed E-state index contributed by atoms with van der Waals surface area (Å²) in [6, 6.07) is 9.59. The number of piperidine rings is 1. The standard InChI is InChI=1S/C19H25N5O2/c1-21-11-9-20-17(21)12-23-10-8-16(25)19(14-23)13-22(2)18(26)24(19)15-6-4-3-5-7-15/h3-7,9,11,16,25H,8,10,12-14H2,1-2H3/t16-,19-/m0/s1. The summed E-state index contributed by atoms with van der Waals surface area (Å²) in [6.07, 6.45) is 3.81. The highest BCUT2D eigenvalue weighted by molar-refractivity contribution is 5.96. The molecular formula is C19H25N5O2. The lowest BCUT2D eigenvalue weighted by Gasteiger charge is -2.47.